The Hall–Kier alpha value is -3.74. The van der Waals surface area contributed by atoms with Gasteiger partial charge in [0.15, 0.2) is 0 Å². The Bertz CT molecular complexity index is 1380. The van der Waals surface area contributed by atoms with Crippen molar-refractivity contribution in [3.05, 3.63) is 101 Å². The van der Waals surface area contributed by atoms with Gasteiger partial charge in [-0.25, -0.2) is 8.78 Å². The Balaban J connectivity index is 1.78. The van der Waals surface area contributed by atoms with Gasteiger partial charge in [-0.3, -0.25) is 4.99 Å². The summed E-state index contributed by atoms with van der Waals surface area (Å²) >= 11 is 0. The number of aliphatic imine (C=N–C) groups is 1. The number of benzene rings is 3. The molecular formula is C24H13F5N2. The Kier molecular flexibility index (Phi) is 4.28. The molecule has 0 spiro atoms. The molecule has 1 aliphatic heterocycles. The number of nitrogens with zero attached hydrogens (tertiary/aromatic N) is 1. The fraction of sp³-hybridized carbons (Fsp3) is 0.0417. The minimum absolute atomic E-state index is 0.409. The molecule has 0 saturated carbocycles. The largest absolute Gasteiger partial charge is 0.416 e. The molecule has 0 saturated heterocycles. The van der Waals surface area contributed by atoms with E-state index in [-0.39, 0.29) is 0 Å². The van der Waals surface area contributed by atoms with Gasteiger partial charge in [0.05, 0.1) is 11.3 Å². The molecule has 1 aliphatic rings. The lowest BCUT2D eigenvalue weighted by Crippen LogP contribution is -2.04. The lowest BCUT2D eigenvalue weighted by atomic mass is 9.89. The molecule has 7 heteroatoms. The van der Waals surface area contributed by atoms with Gasteiger partial charge in [0.1, 0.15) is 11.6 Å². The van der Waals surface area contributed by atoms with E-state index in [2.05, 4.69) is 9.98 Å². The SMILES string of the molecule is Fc1ccc2c(c1)N=C/C2=C(/c1ccc(C(F)(F)F)cc1)c1c[nH]c2cc(F)ccc12. The first-order valence-corrected chi connectivity index (χ1v) is 9.34. The highest BCUT2D eigenvalue weighted by atomic mass is 19.4. The highest BCUT2D eigenvalue weighted by Gasteiger charge is 2.30. The monoisotopic (exact) mass is 424 g/mol. The van der Waals surface area contributed by atoms with Gasteiger partial charge in [-0.05, 0) is 48.0 Å². The number of nitrogens with one attached hydrogen (secondary N) is 1. The maximum Gasteiger partial charge on any atom is 0.416 e. The van der Waals surface area contributed by atoms with E-state index < -0.39 is 23.4 Å². The lowest BCUT2D eigenvalue weighted by Gasteiger charge is -2.13. The van der Waals surface area contributed by atoms with Gasteiger partial charge in [-0.2, -0.15) is 13.2 Å². The van der Waals surface area contributed by atoms with Crippen LogP contribution in [0, 0.1) is 11.6 Å². The van der Waals surface area contributed by atoms with Crippen molar-refractivity contribution in [1.82, 2.24) is 4.98 Å². The first-order chi connectivity index (χ1) is 14.8. The first kappa shape index (κ1) is 19.2. The van der Waals surface area contributed by atoms with Crippen LogP contribution in [0.3, 0.4) is 0 Å². The van der Waals surface area contributed by atoms with Crippen LogP contribution in [0.5, 0.6) is 0 Å². The van der Waals surface area contributed by atoms with Crippen molar-refractivity contribution in [3.8, 4) is 0 Å². The number of H-pyrrole nitrogens is 1. The van der Waals surface area contributed by atoms with Gasteiger partial charge >= 0.3 is 6.18 Å². The normalized spacial score (nSPS) is 14.9. The minimum atomic E-state index is -4.46. The average Bonchev–Trinajstić information content (AvgIpc) is 3.32. The molecule has 154 valence electrons. The molecule has 4 aromatic rings. The molecule has 31 heavy (non-hydrogen) atoms. The van der Waals surface area contributed by atoms with Crippen LogP contribution in [-0.4, -0.2) is 11.2 Å². The molecular weight excluding hydrogens is 411 g/mol. The predicted molar refractivity (Wildman–Crippen MR) is 110 cm³/mol. The van der Waals surface area contributed by atoms with E-state index in [1.54, 1.807) is 24.5 Å². The van der Waals surface area contributed by atoms with Crippen LogP contribution in [-0.2, 0) is 6.18 Å². The number of hydrogen-bond acceptors (Lipinski definition) is 1. The molecule has 1 N–H and O–H groups in total. The summed E-state index contributed by atoms with van der Waals surface area (Å²) in [5.41, 5.74) is 3.34. The second-order valence-electron chi connectivity index (χ2n) is 7.18. The van der Waals surface area contributed by atoms with Crippen molar-refractivity contribution in [2.45, 2.75) is 6.18 Å². The van der Waals surface area contributed by atoms with Crippen LogP contribution >= 0.6 is 0 Å². The molecule has 5 rings (SSSR count). The minimum Gasteiger partial charge on any atom is -0.360 e. The molecule has 0 aliphatic carbocycles. The fourth-order valence-corrected chi connectivity index (χ4v) is 3.83. The van der Waals surface area contributed by atoms with E-state index in [1.165, 1.54) is 36.4 Å². The molecule has 0 radical (unpaired) electrons. The maximum atomic E-state index is 13.7. The Labute approximate surface area is 173 Å². The standard InChI is InChI=1S/C24H13F5N2/c25-15-5-7-17-19(11-30-21(17)9-15)23(13-1-3-14(4-2-13)24(27,28)29)20-12-31-22-10-16(26)6-8-18(20)22/h1-12,30H/b23-20+. The van der Waals surface area contributed by atoms with E-state index in [0.29, 0.717) is 44.4 Å². The lowest BCUT2D eigenvalue weighted by molar-refractivity contribution is -0.137. The van der Waals surface area contributed by atoms with Crippen LogP contribution in [0.4, 0.5) is 27.6 Å². The van der Waals surface area contributed by atoms with E-state index in [9.17, 15) is 22.0 Å². The predicted octanol–water partition coefficient (Wildman–Crippen LogP) is 7.14. The fourth-order valence-electron chi connectivity index (χ4n) is 3.83. The molecule has 1 aromatic heterocycles. The summed E-state index contributed by atoms with van der Waals surface area (Å²) in [5, 5.41) is 0.702. The number of hydrogen-bond donors (Lipinski definition) is 1. The van der Waals surface area contributed by atoms with Crippen molar-refractivity contribution in [2.24, 2.45) is 4.99 Å². The average molecular weight is 424 g/mol. The molecule has 0 amide bonds. The number of allylic oxidation sites excluding steroid dienone is 1. The van der Waals surface area contributed by atoms with Gasteiger partial charge < -0.3 is 4.98 Å². The first-order valence-electron chi connectivity index (χ1n) is 9.34. The summed E-state index contributed by atoms with van der Waals surface area (Å²) in [6.07, 6.45) is -1.21. The summed E-state index contributed by atoms with van der Waals surface area (Å²) in [5.74, 6) is -0.844. The number of fused-ring (bicyclic) bond motifs is 2. The zero-order valence-corrected chi connectivity index (χ0v) is 15.8. The third-order valence-corrected chi connectivity index (χ3v) is 5.27. The van der Waals surface area contributed by atoms with E-state index in [4.69, 9.17) is 0 Å². The second-order valence-corrected chi connectivity index (χ2v) is 7.18. The van der Waals surface area contributed by atoms with Crippen molar-refractivity contribution in [1.29, 1.82) is 0 Å². The van der Waals surface area contributed by atoms with E-state index in [0.717, 1.165) is 12.1 Å². The number of halogens is 5. The third kappa shape index (κ3) is 3.32. The summed E-state index contributed by atoms with van der Waals surface area (Å²) < 4.78 is 66.5. The Morgan fingerprint density at radius 3 is 2.29 bits per heavy atom. The molecule has 0 fully saturated rings. The number of alkyl halides is 3. The number of aromatic nitrogens is 1. The zero-order chi connectivity index (χ0) is 21.8. The van der Waals surface area contributed by atoms with Crippen LogP contribution in [0.1, 0.15) is 22.3 Å². The summed E-state index contributed by atoms with van der Waals surface area (Å²) in [4.78, 5) is 7.29. The highest BCUT2D eigenvalue weighted by Crippen LogP contribution is 2.42. The number of aromatic amines is 1. The summed E-state index contributed by atoms with van der Waals surface area (Å²) in [6, 6.07) is 13.3. The van der Waals surface area contributed by atoms with Crippen molar-refractivity contribution in [3.63, 3.8) is 0 Å². The van der Waals surface area contributed by atoms with Crippen molar-refractivity contribution >= 4 is 34.0 Å². The van der Waals surface area contributed by atoms with Crippen LogP contribution < -0.4 is 0 Å². The number of rotatable bonds is 2. The van der Waals surface area contributed by atoms with Gasteiger partial charge in [-0.15, -0.1) is 0 Å². The molecule has 3 aromatic carbocycles. The molecule has 0 unspecified atom stereocenters. The Morgan fingerprint density at radius 2 is 1.55 bits per heavy atom. The smallest absolute Gasteiger partial charge is 0.360 e. The van der Waals surface area contributed by atoms with Gasteiger partial charge in [0.25, 0.3) is 0 Å². The Morgan fingerprint density at radius 1 is 0.839 bits per heavy atom. The van der Waals surface area contributed by atoms with Crippen molar-refractivity contribution < 1.29 is 22.0 Å². The molecule has 2 heterocycles. The third-order valence-electron chi connectivity index (χ3n) is 5.27. The van der Waals surface area contributed by atoms with Crippen LogP contribution in [0.2, 0.25) is 0 Å². The highest BCUT2D eigenvalue weighted by molar-refractivity contribution is 6.27. The van der Waals surface area contributed by atoms with Crippen LogP contribution in [0.25, 0.3) is 22.0 Å². The van der Waals surface area contributed by atoms with Gasteiger partial charge in [0.2, 0.25) is 0 Å². The molecule has 0 atom stereocenters. The summed E-state index contributed by atoms with van der Waals surface area (Å²) in [7, 11) is 0. The zero-order valence-electron chi connectivity index (χ0n) is 15.8. The maximum absolute atomic E-state index is 13.7. The van der Waals surface area contributed by atoms with E-state index >= 15 is 0 Å². The van der Waals surface area contributed by atoms with Gasteiger partial charge in [-0.1, -0.05) is 12.1 Å². The van der Waals surface area contributed by atoms with Crippen LogP contribution in [0.15, 0.2) is 71.9 Å². The molecule has 0 bridgehead atoms. The van der Waals surface area contributed by atoms with Gasteiger partial charge in [0, 0.05) is 51.7 Å². The quantitative estimate of drug-likeness (QED) is 0.331. The molecule has 2 nitrogen and oxygen atoms in total. The topological polar surface area (TPSA) is 28.1 Å². The van der Waals surface area contributed by atoms with E-state index in [1.807, 2.05) is 0 Å². The summed E-state index contributed by atoms with van der Waals surface area (Å²) in [6.45, 7) is 0. The second kappa shape index (κ2) is 6.91. The van der Waals surface area contributed by atoms with Crippen molar-refractivity contribution in [2.75, 3.05) is 0 Å².